The molecule has 0 aliphatic carbocycles. The summed E-state index contributed by atoms with van der Waals surface area (Å²) in [6.07, 6.45) is 2.51. The van der Waals surface area contributed by atoms with Crippen molar-refractivity contribution >= 4 is 44.8 Å². The molecule has 2 aliphatic heterocycles. The maximum atomic E-state index is 12.6. The first-order valence-corrected chi connectivity index (χ1v) is 14.9. The molecule has 10 heteroatoms. The zero-order valence-electron chi connectivity index (χ0n) is 23.1. The summed E-state index contributed by atoms with van der Waals surface area (Å²) in [4.78, 5) is 31.1. The van der Waals surface area contributed by atoms with Gasteiger partial charge in [-0.15, -0.1) is 11.3 Å². The third kappa shape index (κ3) is 7.04. The van der Waals surface area contributed by atoms with Gasteiger partial charge in [-0.1, -0.05) is 12.1 Å². The number of carbonyl (C=O) groups excluding carboxylic acids is 2. The van der Waals surface area contributed by atoms with E-state index in [0.717, 1.165) is 62.6 Å². The lowest BCUT2D eigenvalue weighted by Crippen LogP contribution is -2.46. The van der Waals surface area contributed by atoms with Crippen LogP contribution in [0, 0.1) is 0 Å². The molecule has 2 aromatic carbocycles. The Balaban J connectivity index is 1.04. The van der Waals surface area contributed by atoms with Gasteiger partial charge in [-0.05, 0) is 61.0 Å². The Morgan fingerprint density at radius 2 is 1.88 bits per heavy atom. The molecular weight excluding hydrogens is 528 g/mol. The first kappa shape index (κ1) is 28.2. The number of methoxy groups -OCH3 is 1. The van der Waals surface area contributed by atoms with Crippen molar-refractivity contribution < 1.29 is 23.8 Å². The summed E-state index contributed by atoms with van der Waals surface area (Å²) >= 11 is 1.80. The summed E-state index contributed by atoms with van der Waals surface area (Å²) in [6.45, 7) is 6.53. The zero-order valence-corrected chi connectivity index (χ0v) is 23.9. The van der Waals surface area contributed by atoms with E-state index in [4.69, 9.17) is 14.2 Å². The van der Waals surface area contributed by atoms with Crippen molar-refractivity contribution in [1.82, 2.24) is 10.2 Å². The van der Waals surface area contributed by atoms with E-state index >= 15 is 0 Å². The van der Waals surface area contributed by atoms with Crippen molar-refractivity contribution in [3.63, 3.8) is 0 Å². The van der Waals surface area contributed by atoms with E-state index in [-0.39, 0.29) is 12.6 Å². The number of carbonyl (C=O) groups is 2. The predicted molar refractivity (Wildman–Crippen MR) is 159 cm³/mol. The number of benzene rings is 2. The normalized spacial score (nSPS) is 15.8. The molecule has 0 spiro atoms. The highest BCUT2D eigenvalue weighted by Crippen LogP contribution is 2.32. The topological polar surface area (TPSA) is 83.6 Å². The third-order valence-corrected chi connectivity index (χ3v) is 8.36. The number of aryl methyl sites for hydroxylation is 1. The molecule has 0 saturated carbocycles. The molecule has 5 rings (SSSR count). The maximum absolute atomic E-state index is 12.6. The van der Waals surface area contributed by atoms with Gasteiger partial charge >= 0.3 is 6.09 Å². The van der Waals surface area contributed by atoms with Crippen LogP contribution in [-0.2, 0) is 20.7 Å². The molecule has 2 amide bonds. The van der Waals surface area contributed by atoms with Crippen molar-refractivity contribution in [2.75, 3.05) is 76.1 Å². The number of alkyl carbamates (subject to hydrolysis) is 1. The van der Waals surface area contributed by atoms with Gasteiger partial charge in [0.25, 0.3) is 0 Å². The highest BCUT2D eigenvalue weighted by atomic mass is 32.1. The van der Waals surface area contributed by atoms with Gasteiger partial charge in [0, 0.05) is 68.1 Å². The molecule has 3 aromatic rings. The Hall–Kier alpha value is -3.34. The summed E-state index contributed by atoms with van der Waals surface area (Å²) in [6, 6.07) is 14.7. The maximum Gasteiger partial charge on any atom is 0.408 e. The Kier molecular flexibility index (Phi) is 9.75. The van der Waals surface area contributed by atoms with Crippen LogP contribution >= 0.6 is 11.3 Å². The van der Waals surface area contributed by atoms with Gasteiger partial charge in [0.2, 0.25) is 5.91 Å². The summed E-state index contributed by atoms with van der Waals surface area (Å²) in [5, 5.41) is 6.14. The van der Waals surface area contributed by atoms with Gasteiger partial charge in [-0.2, -0.15) is 0 Å². The molecular formula is C30H38N4O5S. The number of hydrogen-bond donors (Lipinski definition) is 1. The Labute approximate surface area is 239 Å². The number of rotatable bonds is 12. The molecule has 0 bridgehead atoms. The molecule has 0 radical (unpaired) electrons. The van der Waals surface area contributed by atoms with Gasteiger partial charge < -0.3 is 24.4 Å². The third-order valence-electron chi connectivity index (χ3n) is 7.48. The number of nitrogens with zero attached hydrogens (tertiary/aromatic N) is 3. The van der Waals surface area contributed by atoms with E-state index in [0.29, 0.717) is 32.6 Å². The number of nitrogens with one attached hydrogen (secondary N) is 1. The summed E-state index contributed by atoms with van der Waals surface area (Å²) in [7, 11) is 1.56. The molecule has 1 N–H and O–H groups in total. The highest BCUT2D eigenvalue weighted by Gasteiger charge is 2.26. The Morgan fingerprint density at radius 3 is 2.73 bits per heavy atom. The molecule has 1 aromatic heterocycles. The average Bonchev–Trinajstić information content (AvgIpc) is 3.46. The van der Waals surface area contributed by atoms with E-state index in [9.17, 15) is 9.59 Å². The number of unbranched alkanes of at least 4 members (excludes halogenated alkanes) is 1. The zero-order chi connectivity index (χ0) is 27.7. The van der Waals surface area contributed by atoms with Crippen LogP contribution in [0.4, 0.5) is 16.2 Å². The molecule has 9 nitrogen and oxygen atoms in total. The predicted octanol–water partition coefficient (Wildman–Crippen LogP) is 4.49. The molecule has 3 heterocycles. The van der Waals surface area contributed by atoms with Gasteiger partial charge in [-0.25, -0.2) is 4.79 Å². The number of anilines is 2. The lowest BCUT2D eigenvalue weighted by Gasteiger charge is -2.36. The standard InChI is InChI=1S/C30H38N4O5S/c1-37-19-12-31-30(36)39-22-34-27-21-24(9-7-23(27)8-10-29(34)35)38-18-3-2-13-32-14-16-33(17-15-32)26-5-4-6-28-25(26)11-20-40-28/h4-7,9,11,20-21H,2-3,8,10,12-19,22H2,1H3,(H,31,36). The van der Waals surface area contributed by atoms with E-state index in [1.165, 1.54) is 20.7 Å². The minimum atomic E-state index is -0.578. The van der Waals surface area contributed by atoms with Crippen LogP contribution in [0.2, 0.25) is 0 Å². The fourth-order valence-electron chi connectivity index (χ4n) is 5.27. The van der Waals surface area contributed by atoms with Gasteiger partial charge in [0.05, 0.1) is 18.9 Å². The smallest absolute Gasteiger partial charge is 0.408 e. The Morgan fingerprint density at radius 1 is 1.00 bits per heavy atom. The minimum Gasteiger partial charge on any atom is -0.494 e. The van der Waals surface area contributed by atoms with Crippen molar-refractivity contribution in [2.24, 2.45) is 0 Å². The van der Waals surface area contributed by atoms with E-state index < -0.39 is 6.09 Å². The SMILES string of the molecule is COCCNC(=O)OCN1C(=O)CCc2ccc(OCCCCN3CCN(c4cccc5sccc45)CC3)cc21. The average molecular weight is 567 g/mol. The first-order valence-electron chi connectivity index (χ1n) is 14.0. The quantitative estimate of drug-likeness (QED) is 0.324. The summed E-state index contributed by atoms with van der Waals surface area (Å²) in [5.41, 5.74) is 3.15. The fraction of sp³-hybridized carbons (Fsp3) is 0.467. The molecule has 1 fully saturated rings. The fourth-order valence-corrected chi connectivity index (χ4v) is 6.08. The van der Waals surface area contributed by atoms with E-state index in [1.54, 1.807) is 18.4 Å². The monoisotopic (exact) mass is 566 g/mol. The van der Waals surface area contributed by atoms with Crippen LogP contribution in [0.15, 0.2) is 47.8 Å². The molecule has 214 valence electrons. The van der Waals surface area contributed by atoms with Gasteiger partial charge in [0.1, 0.15) is 5.75 Å². The number of ether oxygens (including phenoxy) is 3. The van der Waals surface area contributed by atoms with E-state index in [1.807, 2.05) is 18.2 Å². The van der Waals surface area contributed by atoms with Crippen LogP contribution in [0.5, 0.6) is 5.75 Å². The van der Waals surface area contributed by atoms with Crippen LogP contribution in [0.1, 0.15) is 24.8 Å². The molecule has 0 atom stereocenters. The van der Waals surface area contributed by atoms with Crippen molar-refractivity contribution in [3.05, 3.63) is 53.4 Å². The van der Waals surface area contributed by atoms with E-state index in [2.05, 4.69) is 44.8 Å². The van der Waals surface area contributed by atoms with Gasteiger partial charge in [-0.3, -0.25) is 14.6 Å². The minimum absolute atomic E-state index is 0.0681. The Bertz CT molecular complexity index is 1290. The second-order valence-electron chi connectivity index (χ2n) is 10.1. The number of piperazine rings is 1. The lowest BCUT2D eigenvalue weighted by molar-refractivity contribution is -0.119. The second kappa shape index (κ2) is 13.8. The van der Waals surface area contributed by atoms with Gasteiger partial charge in [0.15, 0.2) is 6.73 Å². The van der Waals surface area contributed by atoms with Crippen LogP contribution < -0.4 is 19.9 Å². The van der Waals surface area contributed by atoms with Crippen LogP contribution in [-0.4, -0.2) is 83.2 Å². The van der Waals surface area contributed by atoms with Crippen LogP contribution in [0.3, 0.4) is 0 Å². The molecule has 0 unspecified atom stereocenters. The second-order valence-corrected chi connectivity index (χ2v) is 11.0. The number of amides is 2. The summed E-state index contributed by atoms with van der Waals surface area (Å²) < 4.78 is 17.6. The van der Waals surface area contributed by atoms with Crippen molar-refractivity contribution in [2.45, 2.75) is 25.7 Å². The molecule has 40 heavy (non-hydrogen) atoms. The molecule has 2 aliphatic rings. The largest absolute Gasteiger partial charge is 0.494 e. The van der Waals surface area contributed by atoms with Crippen LogP contribution in [0.25, 0.3) is 10.1 Å². The summed E-state index contributed by atoms with van der Waals surface area (Å²) in [5.74, 6) is 0.653. The number of fused-ring (bicyclic) bond motifs is 2. The molecule has 1 saturated heterocycles. The number of thiophene rings is 1. The first-order chi connectivity index (χ1) is 19.6. The number of hydrogen-bond acceptors (Lipinski definition) is 8. The lowest BCUT2D eigenvalue weighted by atomic mass is 10.0. The van der Waals surface area contributed by atoms with Crippen molar-refractivity contribution in [1.29, 1.82) is 0 Å². The van der Waals surface area contributed by atoms with Crippen molar-refractivity contribution in [3.8, 4) is 5.75 Å². The highest BCUT2D eigenvalue weighted by molar-refractivity contribution is 7.17.